The summed E-state index contributed by atoms with van der Waals surface area (Å²) in [4.78, 5) is 14.1. The predicted molar refractivity (Wildman–Crippen MR) is 62.0 cm³/mol. The van der Waals surface area contributed by atoms with Crippen molar-refractivity contribution in [2.45, 2.75) is 50.7 Å². The Bertz CT molecular complexity index is 237. The van der Waals surface area contributed by atoms with Gasteiger partial charge in [0.25, 0.3) is 5.91 Å². The van der Waals surface area contributed by atoms with Gasteiger partial charge in [-0.15, -0.1) is 0 Å². The molecule has 0 aromatic rings. The number of hydrogen-bond donors (Lipinski definition) is 1. The first-order chi connectivity index (χ1) is 7.83. The van der Waals surface area contributed by atoms with Crippen LogP contribution in [0.1, 0.15) is 38.5 Å². The van der Waals surface area contributed by atoms with Crippen LogP contribution in [-0.2, 0) is 9.53 Å². The van der Waals surface area contributed by atoms with Gasteiger partial charge in [-0.25, -0.2) is 0 Å². The monoisotopic (exact) mass is 226 g/mol. The van der Waals surface area contributed by atoms with Gasteiger partial charge in [0, 0.05) is 19.1 Å². The molecule has 1 unspecified atom stereocenters. The molecule has 2 aliphatic rings. The van der Waals surface area contributed by atoms with Crippen molar-refractivity contribution in [1.82, 2.24) is 4.90 Å². The van der Waals surface area contributed by atoms with Gasteiger partial charge in [0.15, 0.2) is 0 Å². The van der Waals surface area contributed by atoms with E-state index in [0.717, 1.165) is 19.4 Å². The van der Waals surface area contributed by atoms with Crippen LogP contribution in [0.25, 0.3) is 0 Å². The lowest BCUT2D eigenvalue weighted by Gasteiger charge is -2.37. The Morgan fingerprint density at radius 1 is 1.25 bits per heavy atom. The summed E-state index contributed by atoms with van der Waals surface area (Å²) in [7, 11) is 0. The quantitative estimate of drug-likeness (QED) is 0.712. The van der Waals surface area contributed by atoms with Gasteiger partial charge in [-0.3, -0.25) is 4.79 Å². The fourth-order valence-corrected chi connectivity index (χ4v) is 2.76. The van der Waals surface area contributed by atoms with Gasteiger partial charge in [-0.05, 0) is 12.8 Å². The summed E-state index contributed by atoms with van der Waals surface area (Å²) in [6, 6.07) is 0.438. The molecule has 1 amide bonds. The molecule has 2 fully saturated rings. The molecule has 0 bridgehead atoms. The molecule has 16 heavy (non-hydrogen) atoms. The number of hydrogen-bond acceptors (Lipinski definition) is 3. The van der Waals surface area contributed by atoms with E-state index in [2.05, 4.69) is 0 Å². The fraction of sp³-hybridized carbons (Fsp3) is 0.917. The lowest BCUT2D eigenvalue weighted by atomic mass is 10.1. The van der Waals surface area contributed by atoms with Crippen molar-refractivity contribution in [3.05, 3.63) is 0 Å². The molecule has 0 aromatic heterocycles. The Morgan fingerprint density at radius 2 is 1.94 bits per heavy atom. The van der Waals surface area contributed by atoms with Crippen LogP contribution in [-0.4, -0.2) is 42.6 Å². The summed E-state index contributed by atoms with van der Waals surface area (Å²) in [5.74, 6) is 0.112. The van der Waals surface area contributed by atoms with E-state index >= 15 is 0 Å². The summed E-state index contributed by atoms with van der Waals surface area (Å²) in [5, 5.41) is 0. The van der Waals surface area contributed by atoms with Crippen LogP contribution < -0.4 is 5.73 Å². The molecule has 0 spiro atoms. The van der Waals surface area contributed by atoms with Crippen LogP contribution >= 0.6 is 0 Å². The second-order valence-electron chi connectivity index (χ2n) is 4.77. The predicted octanol–water partition coefficient (Wildman–Crippen LogP) is 0.895. The Morgan fingerprint density at radius 3 is 2.56 bits per heavy atom. The highest BCUT2D eigenvalue weighted by Crippen LogP contribution is 2.23. The van der Waals surface area contributed by atoms with E-state index in [1.54, 1.807) is 0 Å². The summed E-state index contributed by atoms with van der Waals surface area (Å²) in [6.45, 7) is 1.70. The van der Waals surface area contributed by atoms with E-state index in [1.165, 1.54) is 25.7 Å². The third-order valence-corrected chi connectivity index (χ3v) is 3.69. The van der Waals surface area contributed by atoms with Gasteiger partial charge in [-0.1, -0.05) is 25.7 Å². The zero-order valence-electron chi connectivity index (χ0n) is 9.86. The van der Waals surface area contributed by atoms with Crippen LogP contribution in [0.15, 0.2) is 0 Å². The summed E-state index contributed by atoms with van der Waals surface area (Å²) in [5.41, 5.74) is 5.54. The minimum atomic E-state index is -0.392. The van der Waals surface area contributed by atoms with Crippen LogP contribution in [0.5, 0.6) is 0 Å². The van der Waals surface area contributed by atoms with E-state index < -0.39 is 6.10 Å². The Balaban J connectivity index is 1.98. The number of carbonyl (C=O) groups excluding carboxylic acids is 1. The second kappa shape index (κ2) is 5.64. The van der Waals surface area contributed by atoms with Gasteiger partial charge in [-0.2, -0.15) is 0 Å². The van der Waals surface area contributed by atoms with Crippen molar-refractivity contribution in [2.75, 3.05) is 19.7 Å². The average Bonchev–Trinajstić information content (AvgIpc) is 2.58. The van der Waals surface area contributed by atoms with Crippen molar-refractivity contribution >= 4 is 5.91 Å². The normalized spacial score (nSPS) is 29.2. The molecule has 1 saturated heterocycles. The molecule has 2 rings (SSSR count). The number of nitrogens with zero attached hydrogens (tertiary/aromatic N) is 1. The number of ether oxygens (including phenoxy) is 1. The summed E-state index contributed by atoms with van der Waals surface area (Å²) < 4.78 is 5.38. The SMILES string of the molecule is NCC1OCCN(C2CCCCCC2)C1=O. The van der Waals surface area contributed by atoms with Crippen LogP contribution in [0.4, 0.5) is 0 Å². The molecule has 4 heteroatoms. The van der Waals surface area contributed by atoms with Gasteiger partial charge in [0.05, 0.1) is 6.61 Å². The van der Waals surface area contributed by atoms with Crippen LogP contribution in [0.3, 0.4) is 0 Å². The fourth-order valence-electron chi connectivity index (χ4n) is 2.76. The third-order valence-electron chi connectivity index (χ3n) is 3.69. The van der Waals surface area contributed by atoms with E-state index in [0.29, 0.717) is 19.2 Å². The van der Waals surface area contributed by atoms with Crippen molar-refractivity contribution < 1.29 is 9.53 Å². The highest BCUT2D eigenvalue weighted by Gasteiger charge is 2.33. The zero-order chi connectivity index (χ0) is 11.4. The summed E-state index contributed by atoms with van der Waals surface area (Å²) >= 11 is 0. The van der Waals surface area contributed by atoms with E-state index in [9.17, 15) is 4.79 Å². The topological polar surface area (TPSA) is 55.6 Å². The van der Waals surface area contributed by atoms with E-state index in [1.807, 2.05) is 4.90 Å². The Kier molecular flexibility index (Phi) is 4.18. The van der Waals surface area contributed by atoms with Crippen molar-refractivity contribution in [3.8, 4) is 0 Å². The van der Waals surface area contributed by atoms with E-state index in [4.69, 9.17) is 10.5 Å². The molecule has 92 valence electrons. The van der Waals surface area contributed by atoms with Crippen molar-refractivity contribution in [2.24, 2.45) is 5.73 Å². The van der Waals surface area contributed by atoms with Crippen molar-refractivity contribution in [1.29, 1.82) is 0 Å². The number of nitrogens with two attached hydrogens (primary N) is 1. The lowest BCUT2D eigenvalue weighted by molar-refractivity contribution is -0.155. The van der Waals surface area contributed by atoms with Crippen LogP contribution in [0.2, 0.25) is 0 Å². The Hall–Kier alpha value is -0.610. The van der Waals surface area contributed by atoms with Crippen molar-refractivity contribution in [3.63, 3.8) is 0 Å². The number of amides is 1. The first kappa shape index (κ1) is 11.9. The maximum absolute atomic E-state index is 12.1. The molecule has 1 atom stereocenters. The average molecular weight is 226 g/mol. The standard InChI is InChI=1S/C12H22N2O2/c13-9-11-12(15)14(7-8-16-11)10-5-3-1-2-4-6-10/h10-11H,1-9,13H2. The Labute approximate surface area is 97.1 Å². The zero-order valence-corrected chi connectivity index (χ0v) is 9.86. The third kappa shape index (κ3) is 2.55. The van der Waals surface area contributed by atoms with Gasteiger partial charge in [0.1, 0.15) is 6.10 Å². The van der Waals surface area contributed by atoms with Crippen LogP contribution in [0, 0.1) is 0 Å². The highest BCUT2D eigenvalue weighted by atomic mass is 16.5. The van der Waals surface area contributed by atoms with Gasteiger partial charge >= 0.3 is 0 Å². The first-order valence-corrected chi connectivity index (χ1v) is 6.45. The molecule has 4 nitrogen and oxygen atoms in total. The molecular weight excluding hydrogens is 204 g/mol. The molecule has 1 heterocycles. The largest absolute Gasteiger partial charge is 0.365 e. The molecule has 2 N–H and O–H groups in total. The molecule has 1 aliphatic carbocycles. The molecule has 1 aliphatic heterocycles. The molecule has 0 aromatic carbocycles. The maximum atomic E-state index is 12.1. The second-order valence-corrected chi connectivity index (χ2v) is 4.77. The summed E-state index contributed by atoms with van der Waals surface area (Å²) in [6.07, 6.45) is 7.05. The minimum Gasteiger partial charge on any atom is -0.365 e. The smallest absolute Gasteiger partial charge is 0.253 e. The highest BCUT2D eigenvalue weighted by molar-refractivity contribution is 5.82. The lowest BCUT2D eigenvalue weighted by Crippen LogP contribution is -2.54. The number of rotatable bonds is 2. The number of morpholine rings is 1. The first-order valence-electron chi connectivity index (χ1n) is 6.45. The minimum absolute atomic E-state index is 0.112. The van der Waals surface area contributed by atoms with E-state index in [-0.39, 0.29) is 5.91 Å². The van der Waals surface area contributed by atoms with Gasteiger partial charge < -0.3 is 15.4 Å². The molecule has 0 radical (unpaired) electrons. The number of carbonyl (C=O) groups is 1. The maximum Gasteiger partial charge on any atom is 0.253 e. The van der Waals surface area contributed by atoms with Gasteiger partial charge in [0.2, 0.25) is 0 Å². The molecular formula is C12H22N2O2. The molecule has 1 saturated carbocycles.